The van der Waals surface area contributed by atoms with Gasteiger partial charge >= 0.3 is 23.1 Å². The van der Waals surface area contributed by atoms with E-state index in [2.05, 4.69) is 15.0 Å². The fraction of sp³-hybridized carbons (Fsp3) is 0.500. The Morgan fingerprint density at radius 3 is 2.75 bits per heavy atom. The zero-order valence-corrected chi connectivity index (χ0v) is 11.8. The molecule has 0 radical (unpaired) electrons. The van der Waals surface area contributed by atoms with Gasteiger partial charge in [0.05, 0.1) is 19.3 Å². The molecule has 2 aromatic heterocycles. The third-order valence-electron chi connectivity index (χ3n) is 3.16. The van der Waals surface area contributed by atoms with E-state index < -0.39 is 36.7 Å². The molecule has 0 unspecified atom stereocenters. The van der Waals surface area contributed by atoms with Gasteiger partial charge in [-0.25, -0.2) is 9.97 Å². The van der Waals surface area contributed by atoms with Crippen molar-refractivity contribution in [3.63, 3.8) is 0 Å². The maximum atomic E-state index is 11.5. The first-order valence-corrected chi connectivity index (χ1v) is 5.66. The van der Waals surface area contributed by atoms with Gasteiger partial charge in [-0.2, -0.15) is 0 Å². The molecule has 2 aromatic rings. The quantitative estimate of drug-likeness (QED) is 0.444. The summed E-state index contributed by atoms with van der Waals surface area (Å²) >= 11 is 0. The summed E-state index contributed by atoms with van der Waals surface area (Å²) in [5.74, 6) is 0. The number of H-pyrrole nitrogens is 1. The summed E-state index contributed by atoms with van der Waals surface area (Å²) in [6, 6.07) is 0. The van der Waals surface area contributed by atoms with Crippen LogP contribution in [0.5, 0.6) is 0 Å². The van der Waals surface area contributed by atoms with E-state index in [0.717, 1.165) is 0 Å². The maximum Gasteiger partial charge on any atom is 2.00 e. The monoisotopic (exact) mass is 292 g/mol. The molecule has 102 valence electrons. The fourth-order valence-corrected chi connectivity index (χ4v) is 2.16. The second-order valence-electron chi connectivity index (χ2n) is 4.28. The molecule has 0 aliphatic carbocycles. The largest absolute Gasteiger partial charge is 2.00 e. The summed E-state index contributed by atoms with van der Waals surface area (Å²) in [7, 11) is 0. The predicted molar refractivity (Wildman–Crippen MR) is 66.9 cm³/mol. The Morgan fingerprint density at radius 2 is 2.10 bits per heavy atom. The van der Waals surface area contributed by atoms with Gasteiger partial charge in [0.1, 0.15) is 18.3 Å². The van der Waals surface area contributed by atoms with Crippen LogP contribution in [0, 0.1) is 0 Å². The van der Waals surface area contributed by atoms with Crippen molar-refractivity contribution in [2.24, 2.45) is 0 Å². The smallest absolute Gasteiger partial charge is 0.394 e. The van der Waals surface area contributed by atoms with E-state index in [1.165, 1.54) is 17.2 Å². The number of hydrogen-bond acceptors (Lipinski definition) is 7. The molecule has 0 amide bonds. The standard InChI is InChI=1S/C10H12N4O5.Mg/c15-1-4-6(16)7(17)10(19-4)14-3-13-5-8(14)11-2-12-9(5)18;/h2-4,6-7,10,15-17H,1H2,(H,11,12,18);/q;+2/t4-,6-,7-,10-;/m1./s1. The first-order valence-electron chi connectivity index (χ1n) is 5.66. The van der Waals surface area contributed by atoms with Gasteiger partial charge in [0.2, 0.25) is 0 Å². The summed E-state index contributed by atoms with van der Waals surface area (Å²) < 4.78 is 6.70. The molecule has 9 nitrogen and oxygen atoms in total. The normalized spacial score (nSPS) is 29.6. The molecule has 20 heavy (non-hydrogen) atoms. The summed E-state index contributed by atoms with van der Waals surface area (Å²) in [4.78, 5) is 21.8. The summed E-state index contributed by atoms with van der Waals surface area (Å²) in [6.07, 6.45) is -1.78. The van der Waals surface area contributed by atoms with Crippen molar-refractivity contribution in [1.29, 1.82) is 0 Å². The number of fused-ring (bicyclic) bond motifs is 1. The molecule has 0 aromatic carbocycles. The topological polar surface area (TPSA) is 133 Å². The molecule has 1 aliphatic heterocycles. The van der Waals surface area contributed by atoms with E-state index >= 15 is 0 Å². The molecule has 1 saturated heterocycles. The average molecular weight is 293 g/mol. The second-order valence-corrected chi connectivity index (χ2v) is 4.28. The first kappa shape index (κ1) is 15.3. The number of hydrogen-bond donors (Lipinski definition) is 4. The van der Waals surface area contributed by atoms with Gasteiger partial charge in [0, 0.05) is 0 Å². The van der Waals surface area contributed by atoms with E-state index in [1.54, 1.807) is 0 Å². The van der Waals surface area contributed by atoms with Crippen LogP contribution in [-0.2, 0) is 4.74 Å². The Morgan fingerprint density at radius 1 is 1.35 bits per heavy atom. The van der Waals surface area contributed by atoms with E-state index in [0.29, 0.717) is 0 Å². The van der Waals surface area contributed by atoms with E-state index in [9.17, 15) is 15.0 Å². The van der Waals surface area contributed by atoms with Gasteiger partial charge in [-0.05, 0) is 0 Å². The number of imidazole rings is 1. The zero-order chi connectivity index (χ0) is 13.6. The van der Waals surface area contributed by atoms with Crippen molar-refractivity contribution < 1.29 is 20.1 Å². The van der Waals surface area contributed by atoms with Crippen LogP contribution < -0.4 is 5.56 Å². The minimum atomic E-state index is -1.24. The molecule has 4 N–H and O–H groups in total. The van der Waals surface area contributed by atoms with Gasteiger partial charge in [0.25, 0.3) is 5.56 Å². The predicted octanol–water partition coefficient (Wildman–Crippen LogP) is -2.65. The van der Waals surface area contributed by atoms with Crippen LogP contribution in [0.2, 0.25) is 0 Å². The molecule has 1 aliphatic rings. The van der Waals surface area contributed by atoms with Crippen LogP contribution in [-0.4, -0.2) is 82.8 Å². The Bertz CT molecular complexity index is 658. The van der Waals surface area contributed by atoms with Crippen LogP contribution >= 0.6 is 0 Å². The number of rotatable bonds is 2. The van der Waals surface area contributed by atoms with Crippen molar-refractivity contribution in [2.45, 2.75) is 24.5 Å². The number of ether oxygens (including phenoxy) is 1. The average Bonchev–Trinajstić information content (AvgIpc) is 2.94. The minimum Gasteiger partial charge on any atom is -0.394 e. The Balaban J connectivity index is 0.00000147. The molecule has 4 atom stereocenters. The summed E-state index contributed by atoms with van der Waals surface area (Å²) in [6.45, 7) is -0.421. The van der Waals surface area contributed by atoms with Crippen molar-refractivity contribution in [3.05, 3.63) is 23.0 Å². The van der Waals surface area contributed by atoms with Crippen LogP contribution in [0.15, 0.2) is 17.4 Å². The number of aromatic nitrogens is 4. The molecule has 3 rings (SSSR count). The van der Waals surface area contributed by atoms with Gasteiger partial charge < -0.3 is 25.0 Å². The van der Waals surface area contributed by atoms with Crippen LogP contribution in [0.4, 0.5) is 0 Å². The molecule has 0 bridgehead atoms. The molecule has 0 spiro atoms. The van der Waals surface area contributed by atoms with Gasteiger partial charge in [-0.1, -0.05) is 0 Å². The van der Waals surface area contributed by atoms with Crippen molar-refractivity contribution in [1.82, 2.24) is 19.5 Å². The maximum absolute atomic E-state index is 11.5. The number of aromatic amines is 1. The van der Waals surface area contributed by atoms with Crippen molar-refractivity contribution in [2.75, 3.05) is 6.61 Å². The van der Waals surface area contributed by atoms with Crippen molar-refractivity contribution >= 4 is 34.2 Å². The first-order chi connectivity index (χ1) is 9.13. The van der Waals surface area contributed by atoms with Crippen LogP contribution in [0.25, 0.3) is 11.2 Å². The number of nitrogens with zero attached hydrogens (tertiary/aromatic N) is 3. The Labute approximate surface area is 128 Å². The molecule has 3 heterocycles. The number of nitrogens with one attached hydrogen (secondary N) is 1. The number of aliphatic hydroxyl groups is 3. The molecule has 0 saturated carbocycles. The molecule has 10 heteroatoms. The SMILES string of the molecule is O=c1[nH]cnc2c1ncn2[C@@H]1O[C@H](CO)[C@@H](O)[C@H]1O.[Mg+2]. The van der Waals surface area contributed by atoms with Gasteiger partial charge in [-0.15, -0.1) is 0 Å². The molecular formula is C10H12MgN4O5+2. The Kier molecular flexibility index (Phi) is 4.41. The van der Waals surface area contributed by atoms with E-state index in [4.69, 9.17) is 9.84 Å². The second kappa shape index (κ2) is 5.75. The summed E-state index contributed by atoms with van der Waals surface area (Å²) in [5, 5.41) is 28.6. The van der Waals surface area contributed by atoms with Gasteiger partial charge in [-0.3, -0.25) is 9.36 Å². The third kappa shape index (κ3) is 2.23. The zero-order valence-electron chi connectivity index (χ0n) is 10.4. The fourth-order valence-electron chi connectivity index (χ4n) is 2.16. The van der Waals surface area contributed by atoms with Crippen LogP contribution in [0.3, 0.4) is 0 Å². The third-order valence-corrected chi connectivity index (χ3v) is 3.16. The van der Waals surface area contributed by atoms with E-state index in [-0.39, 0.29) is 34.2 Å². The number of aliphatic hydroxyl groups excluding tert-OH is 3. The van der Waals surface area contributed by atoms with E-state index in [1.807, 2.05) is 0 Å². The molecular weight excluding hydrogens is 280 g/mol. The van der Waals surface area contributed by atoms with Crippen LogP contribution in [0.1, 0.15) is 6.23 Å². The summed E-state index contributed by atoms with van der Waals surface area (Å²) in [5.41, 5.74) is -0.0608. The minimum absolute atomic E-state index is 0. The van der Waals surface area contributed by atoms with Crippen molar-refractivity contribution in [3.8, 4) is 0 Å². The molecule has 1 fully saturated rings. The van der Waals surface area contributed by atoms with Gasteiger partial charge in [0.15, 0.2) is 17.4 Å². The Hall–Kier alpha value is -1.04.